The van der Waals surface area contributed by atoms with Gasteiger partial charge in [0.1, 0.15) is 23.0 Å². The Balaban J connectivity index is 1.70. The number of thiophene rings is 1. The van der Waals surface area contributed by atoms with Crippen LogP contribution in [0.2, 0.25) is 0 Å². The topological polar surface area (TPSA) is 86.0 Å². The molecule has 4 heterocycles. The van der Waals surface area contributed by atoms with E-state index in [2.05, 4.69) is 38.4 Å². The van der Waals surface area contributed by atoms with E-state index in [-0.39, 0.29) is 6.04 Å². The lowest BCUT2D eigenvalue weighted by atomic mass is 9.91. The second kappa shape index (κ2) is 6.45. The van der Waals surface area contributed by atoms with Crippen LogP contribution in [0.15, 0.2) is 16.9 Å². The molecule has 24 heavy (non-hydrogen) atoms. The van der Waals surface area contributed by atoms with Gasteiger partial charge in [-0.1, -0.05) is 5.16 Å². The summed E-state index contributed by atoms with van der Waals surface area (Å²) in [6.45, 7) is 5.42. The monoisotopic (exact) mass is 345 g/mol. The van der Waals surface area contributed by atoms with Gasteiger partial charge in [-0.05, 0) is 38.7 Å². The SMILES string of the molecule is Cc1noc([C@@H](Nc2ncnc3sc(C)cc23)C2CCOCC2)n1. The molecule has 0 amide bonds. The van der Waals surface area contributed by atoms with Gasteiger partial charge in [-0.2, -0.15) is 4.98 Å². The van der Waals surface area contributed by atoms with Crippen molar-refractivity contribution < 1.29 is 9.26 Å². The molecule has 1 fully saturated rings. The normalized spacial score (nSPS) is 17.2. The minimum absolute atomic E-state index is 0.0755. The first kappa shape index (κ1) is 15.5. The lowest BCUT2D eigenvalue weighted by Gasteiger charge is -2.29. The van der Waals surface area contributed by atoms with E-state index < -0.39 is 0 Å². The van der Waals surface area contributed by atoms with Gasteiger partial charge in [0.25, 0.3) is 0 Å². The van der Waals surface area contributed by atoms with Crippen LogP contribution in [0.3, 0.4) is 0 Å². The average molecular weight is 345 g/mol. The summed E-state index contributed by atoms with van der Waals surface area (Å²) in [5.74, 6) is 2.43. The molecule has 1 atom stereocenters. The number of rotatable bonds is 4. The summed E-state index contributed by atoms with van der Waals surface area (Å²) >= 11 is 1.67. The standard InChI is InChI=1S/C16H19N5O2S/c1-9-7-12-14(17-8-18-16(12)24-9)20-13(11-3-5-22-6-4-11)15-19-10(2)21-23-15/h7-8,11,13H,3-6H2,1-2H3,(H,17,18,20)/t13-/m0/s1. The first-order valence-electron chi connectivity index (χ1n) is 8.06. The number of fused-ring (bicyclic) bond motifs is 1. The van der Waals surface area contributed by atoms with E-state index >= 15 is 0 Å². The van der Waals surface area contributed by atoms with Crippen molar-refractivity contribution in [2.75, 3.05) is 18.5 Å². The Hall–Kier alpha value is -2.06. The molecule has 0 unspecified atom stereocenters. The van der Waals surface area contributed by atoms with Crippen molar-refractivity contribution >= 4 is 27.4 Å². The van der Waals surface area contributed by atoms with E-state index in [1.807, 2.05) is 6.92 Å². The first-order chi connectivity index (χ1) is 11.7. The predicted molar refractivity (Wildman–Crippen MR) is 91.1 cm³/mol. The molecule has 8 heteroatoms. The van der Waals surface area contributed by atoms with Crippen molar-refractivity contribution in [1.29, 1.82) is 0 Å². The zero-order valence-corrected chi connectivity index (χ0v) is 14.5. The minimum Gasteiger partial charge on any atom is -0.381 e. The van der Waals surface area contributed by atoms with Gasteiger partial charge >= 0.3 is 0 Å². The van der Waals surface area contributed by atoms with Crippen LogP contribution in [0.5, 0.6) is 0 Å². The third-order valence-electron chi connectivity index (χ3n) is 4.29. The third kappa shape index (κ3) is 2.99. The Labute approximate surface area is 143 Å². The molecule has 1 aliphatic heterocycles. The fourth-order valence-electron chi connectivity index (χ4n) is 3.11. The Bertz CT molecular complexity index is 840. The molecule has 0 saturated carbocycles. The van der Waals surface area contributed by atoms with Gasteiger partial charge in [0.2, 0.25) is 5.89 Å². The highest BCUT2D eigenvalue weighted by molar-refractivity contribution is 7.18. The molecule has 1 N–H and O–H groups in total. The molecule has 126 valence electrons. The highest BCUT2D eigenvalue weighted by Gasteiger charge is 2.30. The van der Waals surface area contributed by atoms with Gasteiger partial charge in [0.05, 0.1) is 5.39 Å². The molecule has 3 aromatic heterocycles. The van der Waals surface area contributed by atoms with Crippen LogP contribution >= 0.6 is 11.3 Å². The highest BCUT2D eigenvalue weighted by Crippen LogP contribution is 2.35. The van der Waals surface area contributed by atoms with Gasteiger partial charge in [0.15, 0.2) is 5.82 Å². The number of hydrogen-bond donors (Lipinski definition) is 1. The number of hydrogen-bond acceptors (Lipinski definition) is 8. The molecule has 0 aromatic carbocycles. The Morgan fingerprint density at radius 3 is 2.83 bits per heavy atom. The second-order valence-corrected chi connectivity index (χ2v) is 7.28. The molecule has 0 spiro atoms. The van der Waals surface area contributed by atoms with E-state index in [0.29, 0.717) is 17.6 Å². The maximum absolute atomic E-state index is 5.50. The molecule has 1 aliphatic rings. The molecule has 0 radical (unpaired) electrons. The lowest BCUT2D eigenvalue weighted by Crippen LogP contribution is -2.27. The Morgan fingerprint density at radius 1 is 1.25 bits per heavy atom. The number of anilines is 1. The zero-order valence-electron chi connectivity index (χ0n) is 13.7. The number of nitrogens with one attached hydrogen (secondary N) is 1. The molecule has 0 aliphatic carbocycles. The van der Waals surface area contributed by atoms with Gasteiger partial charge < -0.3 is 14.6 Å². The first-order valence-corrected chi connectivity index (χ1v) is 8.88. The summed E-state index contributed by atoms with van der Waals surface area (Å²) in [7, 11) is 0. The average Bonchev–Trinajstić information content (AvgIpc) is 3.18. The zero-order chi connectivity index (χ0) is 16.5. The molecule has 4 rings (SSSR count). The number of aryl methyl sites for hydroxylation is 2. The van der Waals surface area contributed by atoms with Crippen molar-refractivity contribution in [3.05, 3.63) is 29.0 Å². The number of nitrogens with zero attached hydrogens (tertiary/aromatic N) is 4. The van der Waals surface area contributed by atoms with Crippen molar-refractivity contribution in [2.24, 2.45) is 5.92 Å². The fraction of sp³-hybridized carbons (Fsp3) is 0.500. The number of aromatic nitrogens is 4. The quantitative estimate of drug-likeness (QED) is 0.776. The summed E-state index contributed by atoms with van der Waals surface area (Å²) in [5.41, 5.74) is 0. The van der Waals surface area contributed by atoms with Crippen LogP contribution in [0.4, 0.5) is 5.82 Å². The van der Waals surface area contributed by atoms with Crippen LogP contribution in [0.1, 0.15) is 35.5 Å². The summed E-state index contributed by atoms with van der Waals surface area (Å²) in [6, 6.07) is 2.04. The summed E-state index contributed by atoms with van der Waals surface area (Å²) in [4.78, 5) is 15.4. The van der Waals surface area contributed by atoms with E-state index in [0.717, 1.165) is 42.1 Å². The van der Waals surface area contributed by atoms with Crippen LogP contribution in [0.25, 0.3) is 10.2 Å². The molecular formula is C16H19N5O2S. The molecule has 7 nitrogen and oxygen atoms in total. The van der Waals surface area contributed by atoms with Crippen LogP contribution < -0.4 is 5.32 Å². The predicted octanol–water partition coefficient (Wildman–Crippen LogP) is 3.27. The highest BCUT2D eigenvalue weighted by atomic mass is 32.1. The van der Waals surface area contributed by atoms with E-state index in [1.54, 1.807) is 17.7 Å². The third-order valence-corrected chi connectivity index (χ3v) is 5.25. The summed E-state index contributed by atoms with van der Waals surface area (Å²) < 4.78 is 11.0. The molecule has 0 bridgehead atoms. The van der Waals surface area contributed by atoms with Gasteiger partial charge in [-0.25, -0.2) is 9.97 Å². The van der Waals surface area contributed by atoms with E-state index in [9.17, 15) is 0 Å². The Morgan fingerprint density at radius 2 is 2.08 bits per heavy atom. The van der Waals surface area contributed by atoms with Gasteiger partial charge in [0, 0.05) is 18.1 Å². The van der Waals surface area contributed by atoms with E-state index in [1.165, 1.54) is 4.88 Å². The van der Waals surface area contributed by atoms with Crippen LogP contribution in [-0.2, 0) is 4.74 Å². The maximum Gasteiger partial charge on any atom is 0.249 e. The van der Waals surface area contributed by atoms with Crippen molar-refractivity contribution in [3.63, 3.8) is 0 Å². The maximum atomic E-state index is 5.50. The van der Waals surface area contributed by atoms with Crippen molar-refractivity contribution in [2.45, 2.75) is 32.7 Å². The van der Waals surface area contributed by atoms with Gasteiger partial charge in [-0.3, -0.25) is 0 Å². The smallest absolute Gasteiger partial charge is 0.249 e. The van der Waals surface area contributed by atoms with Crippen molar-refractivity contribution in [3.8, 4) is 0 Å². The molecular weight excluding hydrogens is 326 g/mol. The summed E-state index contributed by atoms with van der Waals surface area (Å²) in [6.07, 6.45) is 3.51. The number of ether oxygens (including phenoxy) is 1. The van der Waals surface area contributed by atoms with Gasteiger partial charge in [-0.15, -0.1) is 11.3 Å². The molecule has 3 aromatic rings. The van der Waals surface area contributed by atoms with Crippen LogP contribution in [0, 0.1) is 19.8 Å². The van der Waals surface area contributed by atoms with Crippen LogP contribution in [-0.4, -0.2) is 33.3 Å². The minimum atomic E-state index is -0.0755. The van der Waals surface area contributed by atoms with Crippen molar-refractivity contribution in [1.82, 2.24) is 20.1 Å². The largest absolute Gasteiger partial charge is 0.381 e. The summed E-state index contributed by atoms with van der Waals surface area (Å²) in [5, 5.41) is 8.53. The Kier molecular flexibility index (Phi) is 4.15. The molecule has 1 saturated heterocycles. The fourth-order valence-corrected chi connectivity index (χ4v) is 3.96. The lowest BCUT2D eigenvalue weighted by molar-refractivity contribution is 0.0571. The van der Waals surface area contributed by atoms with E-state index in [4.69, 9.17) is 9.26 Å². The second-order valence-electron chi connectivity index (χ2n) is 6.05.